The molecular formula is C24H23N3O2S. The third kappa shape index (κ3) is 5.02. The van der Waals surface area contributed by atoms with Gasteiger partial charge >= 0.3 is 0 Å². The van der Waals surface area contributed by atoms with Gasteiger partial charge in [-0.15, -0.1) is 0 Å². The van der Waals surface area contributed by atoms with Gasteiger partial charge in [0.2, 0.25) is 0 Å². The molecule has 0 saturated heterocycles. The first-order valence-corrected chi connectivity index (χ1v) is 10.7. The summed E-state index contributed by atoms with van der Waals surface area (Å²) in [6.07, 6.45) is 2.03. The van der Waals surface area contributed by atoms with E-state index in [9.17, 15) is 9.59 Å². The number of aryl methyl sites for hydroxylation is 1. The van der Waals surface area contributed by atoms with Crippen LogP contribution < -0.4 is 15.4 Å². The maximum atomic E-state index is 12.7. The second-order valence-corrected chi connectivity index (χ2v) is 8.17. The summed E-state index contributed by atoms with van der Waals surface area (Å²) < 4.78 is 3.33. The molecule has 1 aliphatic rings. The number of amides is 2. The topological polar surface area (TPSA) is 70.2 Å². The van der Waals surface area contributed by atoms with Gasteiger partial charge in [-0.2, -0.15) is 0 Å². The van der Waals surface area contributed by atoms with Crippen LogP contribution in [0.1, 0.15) is 39.1 Å². The van der Waals surface area contributed by atoms with Gasteiger partial charge in [0.25, 0.3) is 11.8 Å². The van der Waals surface area contributed by atoms with Crippen LogP contribution in [-0.2, 0) is 0 Å². The van der Waals surface area contributed by atoms with Crippen LogP contribution in [0.2, 0.25) is 0 Å². The lowest BCUT2D eigenvalue weighted by molar-refractivity contribution is 0.0952. The second-order valence-electron chi connectivity index (χ2n) is 7.29. The lowest BCUT2D eigenvalue weighted by Gasteiger charge is -2.12. The number of carbonyl (C=O) groups is 2. The van der Waals surface area contributed by atoms with Gasteiger partial charge in [0.1, 0.15) is 0 Å². The van der Waals surface area contributed by atoms with Crippen LogP contribution in [0, 0.1) is 6.92 Å². The van der Waals surface area contributed by atoms with Crippen molar-refractivity contribution in [3.8, 4) is 0 Å². The molecular weight excluding hydrogens is 394 g/mol. The molecule has 0 heterocycles. The summed E-state index contributed by atoms with van der Waals surface area (Å²) >= 11 is 1.50. The number of rotatable bonds is 7. The SMILES string of the molecule is Cc1ccccc1NSc1ccc(C(=O)Nc2ccccc2C(=O)NC2CC2)cc1. The van der Waals surface area contributed by atoms with Crippen molar-refractivity contribution in [3.63, 3.8) is 0 Å². The number of benzene rings is 3. The Morgan fingerprint density at radius 1 is 0.833 bits per heavy atom. The first-order chi connectivity index (χ1) is 14.6. The van der Waals surface area contributed by atoms with Gasteiger partial charge in [-0.25, -0.2) is 0 Å². The van der Waals surface area contributed by atoms with E-state index >= 15 is 0 Å². The Hall–Kier alpha value is -3.25. The van der Waals surface area contributed by atoms with E-state index in [1.54, 1.807) is 36.4 Å². The van der Waals surface area contributed by atoms with Gasteiger partial charge in [-0.05, 0) is 79.7 Å². The smallest absolute Gasteiger partial charge is 0.255 e. The van der Waals surface area contributed by atoms with Gasteiger partial charge in [0, 0.05) is 22.2 Å². The standard InChI is InChI=1S/C24H23N3O2S/c1-16-6-2-4-8-21(16)27-30-19-14-10-17(11-15-19)23(28)26-22-9-5-3-7-20(22)24(29)25-18-12-13-18/h2-11,14-15,18,27H,12-13H2,1H3,(H,25,29)(H,26,28). The van der Waals surface area contributed by atoms with Crippen LogP contribution in [0.5, 0.6) is 0 Å². The summed E-state index contributed by atoms with van der Waals surface area (Å²) in [7, 11) is 0. The molecule has 1 saturated carbocycles. The highest BCUT2D eigenvalue weighted by atomic mass is 32.2. The molecule has 0 unspecified atom stereocenters. The fourth-order valence-corrected chi connectivity index (χ4v) is 3.68. The zero-order chi connectivity index (χ0) is 20.9. The third-order valence-electron chi connectivity index (χ3n) is 4.87. The molecule has 4 rings (SSSR count). The third-order valence-corrected chi connectivity index (χ3v) is 5.70. The predicted octanol–water partition coefficient (Wildman–Crippen LogP) is 5.26. The Labute approximate surface area is 180 Å². The molecule has 1 aliphatic carbocycles. The van der Waals surface area contributed by atoms with E-state index in [1.165, 1.54) is 17.5 Å². The number of anilines is 2. The molecule has 3 aromatic carbocycles. The highest BCUT2D eigenvalue weighted by molar-refractivity contribution is 8.00. The minimum absolute atomic E-state index is 0.151. The maximum absolute atomic E-state index is 12.7. The number of nitrogens with one attached hydrogen (secondary N) is 3. The Kier molecular flexibility index (Phi) is 6.05. The summed E-state index contributed by atoms with van der Waals surface area (Å²) in [6, 6.07) is 22.8. The molecule has 30 heavy (non-hydrogen) atoms. The van der Waals surface area contributed by atoms with Crippen LogP contribution in [0.3, 0.4) is 0 Å². The summed E-state index contributed by atoms with van der Waals surface area (Å²) in [5.41, 5.74) is 3.76. The molecule has 2 amide bonds. The van der Waals surface area contributed by atoms with Crippen molar-refractivity contribution >= 4 is 35.1 Å². The molecule has 5 nitrogen and oxygen atoms in total. The number of para-hydroxylation sites is 2. The Bertz CT molecular complexity index is 1060. The van der Waals surface area contributed by atoms with Gasteiger partial charge in [-0.3, -0.25) is 9.59 Å². The molecule has 0 atom stereocenters. The van der Waals surface area contributed by atoms with E-state index in [0.717, 1.165) is 23.4 Å². The average Bonchev–Trinajstić information content (AvgIpc) is 3.58. The molecule has 0 aliphatic heterocycles. The largest absolute Gasteiger partial charge is 0.349 e. The molecule has 3 N–H and O–H groups in total. The van der Waals surface area contributed by atoms with Crippen molar-refractivity contribution in [2.75, 3.05) is 10.0 Å². The van der Waals surface area contributed by atoms with Crippen molar-refractivity contribution in [2.45, 2.75) is 30.7 Å². The van der Waals surface area contributed by atoms with Crippen LogP contribution in [0.4, 0.5) is 11.4 Å². The second kappa shape index (κ2) is 9.05. The zero-order valence-electron chi connectivity index (χ0n) is 16.6. The Morgan fingerprint density at radius 2 is 1.50 bits per heavy atom. The van der Waals surface area contributed by atoms with E-state index in [4.69, 9.17) is 0 Å². The summed E-state index contributed by atoms with van der Waals surface area (Å²) in [5.74, 6) is -0.396. The fraction of sp³-hybridized carbons (Fsp3) is 0.167. The van der Waals surface area contributed by atoms with E-state index in [0.29, 0.717) is 16.8 Å². The van der Waals surface area contributed by atoms with Crippen molar-refractivity contribution in [1.82, 2.24) is 5.32 Å². The Morgan fingerprint density at radius 3 is 2.20 bits per heavy atom. The van der Waals surface area contributed by atoms with Gasteiger partial charge in [0.15, 0.2) is 0 Å². The van der Waals surface area contributed by atoms with Crippen LogP contribution in [-0.4, -0.2) is 17.9 Å². The van der Waals surface area contributed by atoms with Crippen molar-refractivity contribution in [1.29, 1.82) is 0 Å². The molecule has 6 heteroatoms. The van der Waals surface area contributed by atoms with Gasteiger partial charge < -0.3 is 15.4 Å². The lowest BCUT2D eigenvalue weighted by Crippen LogP contribution is -2.27. The molecule has 0 radical (unpaired) electrons. The highest BCUT2D eigenvalue weighted by Crippen LogP contribution is 2.25. The molecule has 0 aromatic heterocycles. The van der Waals surface area contributed by atoms with Gasteiger partial charge in [0.05, 0.1) is 11.3 Å². The van der Waals surface area contributed by atoms with Crippen LogP contribution in [0.15, 0.2) is 77.7 Å². The summed E-state index contributed by atoms with van der Waals surface area (Å²) in [6.45, 7) is 2.05. The Balaban J connectivity index is 1.39. The number of hydrogen-bond acceptors (Lipinski definition) is 4. The van der Waals surface area contributed by atoms with E-state index < -0.39 is 0 Å². The first-order valence-electron chi connectivity index (χ1n) is 9.90. The minimum atomic E-state index is -0.245. The van der Waals surface area contributed by atoms with E-state index in [-0.39, 0.29) is 17.9 Å². The fourth-order valence-electron chi connectivity index (χ4n) is 2.95. The first kappa shape index (κ1) is 20.0. The zero-order valence-corrected chi connectivity index (χ0v) is 17.5. The minimum Gasteiger partial charge on any atom is -0.349 e. The molecule has 152 valence electrons. The molecule has 3 aromatic rings. The predicted molar refractivity (Wildman–Crippen MR) is 122 cm³/mol. The number of hydrogen-bond donors (Lipinski definition) is 3. The summed E-state index contributed by atoms with van der Waals surface area (Å²) in [5, 5.41) is 5.83. The maximum Gasteiger partial charge on any atom is 0.255 e. The molecule has 0 spiro atoms. The van der Waals surface area contributed by atoms with E-state index in [1.807, 2.05) is 30.3 Å². The monoisotopic (exact) mass is 417 g/mol. The normalized spacial score (nSPS) is 12.8. The van der Waals surface area contributed by atoms with Crippen molar-refractivity contribution in [2.24, 2.45) is 0 Å². The van der Waals surface area contributed by atoms with Crippen LogP contribution in [0.25, 0.3) is 0 Å². The quantitative estimate of drug-likeness (QED) is 0.459. The van der Waals surface area contributed by atoms with Gasteiger partial charge in [-0.1, -0.05) is 30.3 Å². The van der Waals surface area contributed by atoms with E-state index in [2.05, 4.69) is 28.3 Å². The number of carbonyl (C=O) groups excluding carboxylic acids is 2. The van der Waals surface area contributed by atoms with Crippen molar-refractivity contribution < 1.29 is 9.59 Å². The average molecular weight is 418 g/mol. The molecule has 1 fully saturated rings. The van der Waals surface area contributed by atoms with Crippen molar-refractivity contribution in [3.05, 3.63) is 89.5 Å². The lowest BCUT2D eigenvalue weighted by atomic mass is 10.1. The summed E-state index contributed by atoms with van der Waals surface area (Å²) in [4.78, 5) is 26.1. The highest BCUT2D eigenvalue weighted by Gasteiger charge is 2.25. The molecule has 0 bridgehead atoms. The van der Waals surface area contributed by atoms with Crippen LogP contribution >= 0.6 is 11.9 Å².